The van der Waals surface area contributed by atoms with Gasteiger partial charge in [-0.1, -0.05) is 23.7 Å². The monoisotopic (exact) mass is 341 g/mol. The number of anilines is 1. The number of Topliss-reactive ketones (excluding diaryl/α,β-unsaturated/α-hetero) is 1. The Bertz CT molecular complexity index is 777. The lowest BCUT2D eigenvalue weighted by molar-refractivity contribution is 0.0993. The van der Waals surface area contributed by atoms with E-state index in [2.05, 4.69) is 15.2 Å². The van der Waals surface area contributed by atoms with E-state index in [-0.39, 0.29) is 5.78 Å². The standard InChI is InChI=1S/C19H20ClN3O/c20-17-4-2-1-3-16(17)18(24)11-13-7-8-22-19-15(13)6-5-14-12-21-9-10-23(14)19/h1-4,7-8,14,21H,5-6,9-12H2/t14-/m1/s1. The molecule has 4 nitrogen and oxygen atoms in total. The number of halogens is 1. The van der Waals surface area contributed by atoms with Gasteiger partial charge in [0.05, 0.1) is 5.02 Å². The molecule has 2 aliphatic heterocycles. The van der Waals surface area contributed by atoms with Crippen molar-refractivity contribution >= 4 is 23.2 Å². The van der Waals surface area contributed by atoms with Crippen LogP contribution in [0.2, 0.25) is 5.02 Å². The number of rotatable bonds is 3. The first kappa shape index (κ1) is 15.6. The molecular weight excluding hydrogens is 322 g/mol. The Kier molecular flexibility index (Phi) is 4.25. The van der Waals surface area contributed by atoms with E-state index in [0.717, 1.165) is 43.9 Å². The summed E-state index contributed by atoms with van der Waals surface area (Å²) in [5, 5.41) is 3.97. The van der Waals surface area contributed by atoms with Gasteiger partial charge in [0.2, 0.25) is 0 Å². The maximum absolute atomic E-state index is 12.7. The summed E-state index contributed by atoms with van der Waals surface area (Å²) in [7, 11) is 0. The van der Waals surface area contributed by atoms with E-state index in [4.69, 9.17) is 11.6 Å². The second-order valence-electron chi connectivity index (χ2n) is 6.44. The maximum Gasteiger partial charge on any atom is 0.168 e. The molecule has 124 valence electrons. The highest BCUT2D eigenvalue weighted by Gasteiger charge is 2.30. The number of hydrogen-bond donors (Lipinski definition) is 1. The Balaban J connectivity index is 1.63. The zero-order valence-corrected chi connectivity index (χ0v) is 14.2. The zero-order valence-electron chi connectivity index (χ0n) is 13.5. The van der Waals surface area contributed by atoms with Crippen LogP contribution in [0, 0.1) is 0 Å². The molecule has 0 amide bonds. The molecule has 1 saturated heterocycles. The molecule has 2 aromatic rings. The molecule has 1 atom stereocenters. The Labute approximate surface area is 146 Å². The van der Waals surface area contributed by atoms with E-state index in [1.54, 1.807) is 12.1 Å². The van der Waals surface area contributed by atoms with Crippen LogP contribution in [0.3, 0.4) is 0 Å². The van der Waals surface area contributed by atoms with Crippen LogP contribution in [0.1, 0.15) is 27.9 Å². The summed E-state index contributed by atoms with van der Waals surface area (Å²) in [6, 6.07) is 9.76. The van der Waals surface area contributed by atoms with Gasteiger partial charge in [0.25, 0.3) is 0 Å². The van der Waals surface area contributed by atoms with Crippen LogP contribution < -0.4 is 10.2 Å². The third-order valence-electron chi connectivity index (χ3n) is 5.01. The molecule has 0 bridgehead atoms. The lowest BCUT2D eigenvalue weighted by Gasteiger charge is -2.41. The van der Waals surface area contributed by atoms with Crippen molar-refractivity contribution in [1.82, 2.24) is 10.3 Å². The molecule has 5 heteroatoms. The largest absolute Gasteiger partial charge is 0.351 e. The van der Waals surface area contributed by atoms with Crippen molar-refractivity contribution in [2.45, 2.75) is 25.3 Å². The number of nitrogens with one attached hydrogen (secondary N) is 1. The van der Waals surface area contributed by atoms with Gasteiger partial charge < -0.3 is 10.2 Å². The summed E-state index contributed by atoms with van der Waals surface area (Å²) in [5.74, 6) is 1.13. The summed E-state index contributed by atoms with van der Waals surface area (Å²) < 4.78 is 0. The molecule has 0 saturated carbocycles. The first-order valence-electron chi connectivity index (χ1n) is 8.46. The van der Waals surface area contributed by atoms with E-state index < -0.39 is 0 Å². The van der Waals surface area contributed by atoms with Crippen LogP contribution in [-0.2, 0) is 12.8 Å². The Morgan fingerprint density at radius 1 is 1.33 bits per heavy atom. The first-order chi connectivity index (χ1) is 11.7. The predicted octanol–water partition coefficient (Wildman–Crippen LogP) is 2.88. The predicted molar refractivity (Wildman–Crippen MR) is 96.0 cm³/mol. The van der Waals surface area contributed by atoms with Crippen LogP contribution in [-0.4, -0.2) is 36.4 Å². The van der Waals surface area contributed by atoms with Crippen molar-refractivity contribution in [2.75, 3.05) is 24.5 Å². The van der Waals surface area contributed by atoms with Gasteiger partial charge in [-0.05, 0) is 42.2 Å². The Hall–Kier alpha value is -1.91. The third-order valence-corrected chi connectivity index (χ3v) is 5.33. The van der Waals surface area contributed by atoms with Crippen molar-refractivity contribution in [2.24, 2.45) is 0 Å². The van der Waals surface area contributed by atoms with Gasteiger partial charge in [-0.2, -0.15) is 0 Å². The lowest BCUT2D eigenvalue weighted by atomic mass is 9.91. The molecule has 1 fully saturated rings. The van der Waals surface area contributed by atoms with Gasteiger partial charge in [-0.3, -0.25) is 4.79 Å². The van der Waals surface area contributed by atoms with Crippen LogP contribution in [0.4, 0.5) is 5.82 Å². The van der Waals surface area contributed by atoms with E-state index in [1.807, 2.05) is 24.4 Å². The fourth-order valence-corrected chi connectivity index (χ4v) is 4.01. The zero-order chi connectivity index (χ0) is 16.5. The average molecular weight is 342 g/mol. The first-order valence-corrected chi connectivity index (χ1v) is 8.83. The minimum atomic E-state index is 0.0661. The number of carbonyl (C=O) groups excluding carboxylic acids is 1. The highest BCUT2D eigenvalue weighted by Crippen LogP contribution is 2.32. The highest BCUT2D eigenvalue weighted by molar-refractivity contribution is 6.34. The van der Waals surface area contributed by atoms with Crippen molar-refractivity contribution < 1.29 is 4.79 Å². The fourth-order valence-electron chi connectivity index (χ4n) is 3.77. The van der Waals surface area contributed by atoms with E-state index in [9.17, 15) is 4.79 Å². The number of nitrogens with zero attached hydrogens (tertiary/aromatic N) is 2. The van der Waals surface area contributed by atoms with Crippen LogP contribution in [0.5, 0.6) is 0 Å². The van der Waals surface area contributed by atoms with Crippen molar-refractivity contribution in [1.29, 1.82) is 0 Å². The summed E-state index contributed by atoms with van der Waals surface area (Å²) >= 11 is 6.17. The number of fused-ring (bicyclic) bond motifs is 3. The van der Waals surface area contributed by atoms with Crippen molar-refractivity contribution in [3.8, 4) is 0 Å². The number of ketones is 1. The summed E-state index contributed by atoms with van der Waals surface area (Å²) in [6.45, 7) is 2.98. The summed E-state index contributed by atoms with van der Waals surface area (Å²) in [5.41, 5.74) is 2.92. The number of carbonyl (C=O) groups is 1. The molecule has 0 aliphatic carbocycles. The van der Waals surface area contributed by atoms with E-state index >= 15 is 0 Å². The second kappa shape index (κ2) is 6.54. The van der Waals surface area contributed by atoms with Gasteiger partial charge in [0, 0.05) is 43.9 Å². The van der Waals surface area contributed by atoms with E-state index in [0.29, 0.717) is 23.0 Å². The number of pyridine rings is 1. The number of benzene rings is 1. The van der Waals surface area contributed by atoms with Crippen LogP contribution >= 0.6 is 11.6 Å². The Morgan fingerprint density at radius 3 is 3.08 bits per heavy atom. The minimum absolute atomic E-state index is 0.0661. The lowest BCUT2D eigenvalue weighted by Crippen LogP contribution is -2.53. The van der Waals surface area contributed by atoms with Crippen LogP contribution in [0.15, 0.2) is 36.5 Å². The molecule has 1 aromatic carbocycles. The minimum Gasteiger partial charge on any atom is -0.351 e. The molecule has 0 spiro atoms. The number of hydrogen-bond acceptors (Lipinski definition) is 4. The second-order valence-corrected chi connectivity index (χ2v) is 6.85. The van der Waals surface area contributed by atoms with Gasteiger partial charge in [-0.25, -0.2) is 4.98 Å². The molecule has 2 aliphatic rings. The maximum atomic E-state index is 12.7. The SMILES string of the molecule is O=C(Cc1ccnc2c1CC[C@@H]1CNCCN21)c1ccccc1Cl. The topological polar surface area (TPSA) is 45.2 Å². The molecule has 3 heterocycles. The van der Waals surface area contributed by atoms with Crippen LogP contribution in [0.25, 0.3) is 0 Å². The summed E-state index contributed by atoms with van der Waals surface area (Å²) in [6.07, 6.45) is 4.31. The summed E-state index contributed by atoms with van der Waals surface area (Å²) in [4.78, 5) is 19.7. The molecule has 0 radical (unpaired) electrons. The van der Waals surface area contributed by atoms with Crippen molar-refractivity contribution in [3.63, 3.8) is 0 Å². The fraction of sp³-hybridized carbons (Fsp3) is 0.368. The number of piperazine rings is 1. The van der Waals surface area contributed by atoms with Crippen molar-refractivity contribution in [3.05, 3.63) is 58.2 Å². The smallest absolute Gasteiger partial charge is 0.168 e. The van der Waals surface area contributed by atoms with Gasteiger partial charge in [0.15, 0.2) is 5.78 Å². The molecule has 1 N–H and O–H groups in total. The van der Waals surface area contributed by atoms with Gasteiger partial charge in [-0.15, -0.1) is 0 Å². The Morgan fingerprint density at radius 2 is 2.21 bits per heavy atom. The molecule has 1 aromatic heterocycles. The van der Waals surface area contributed by atoms with E-state index in [1.165, 1.54) is 5.56 Å². The molecule has 0 unspecified atom stereocenters. The molecule has 4 rings (SSSR count). The quantitative estimate of drug-likeness (QED) is 0.872. The normalized spacial score (nSPS) is 19.5. The molecule has 24 heavy (non-hydrogen) atoms. The molecular formula is C19H20ClN3O. The number of aromatic nitrogens is 1. The van der Waals surface area contributed by atoms with Gasteiger partial charge in [0.1, 0.15) is 5.82 Å². The highest BCUT2D eigenvalue weighted by atomic mass is 35.5. The third kappa shape index (κ3) is 2.80. The van der Waals surface area contributed by atoms with Gasteiger partial charge >= 0.3 is 0 Å². The average Bonchev–Trinajstić information content (AvgIpc) is 2.62.